The van der Waals surface area contributed by atoms with Gasteiger partial charge in [0.05, 0.1) is 11.1 Å². The van der Waals surface area contributed by atoms with E-state index < -0.39 is 35.3 Å². The smallest absolute Gasteiger partial charge is 0.419 e. The summed E-state index contributed by atoms with van der Waals surface area (Å²) in [5.74, 6) is -0.485. The molecule has 1 aromatic heterocycles. The number of hydrogen-bond acceptors (Lipinski definition) is 5. The number of rotatable bonds is 6. The first-order chi connectivity index (χ1) is 17.4. The Morgan fingerprint density at radius 2 is 1.84 bits per heavy atom. The molecule has 3 N–H and O–H groups in total. The van der Waals surface area contributed by atoms with Crippen molar-refractivity contribution in [2.24, 2.45) is 5.73 Å². The minimum atomic E-state index is -4.74. The lowest BCUT2D eigenvalue weighted by Gasteiger charge is -2.21. The molecular weight excluding hydrogens is 504 g/mol. The van der Waals surface area contributed by atoms with Crippen LogP contribution in [0.1, 0.15) is 41.5 Å². The van der Waals surface area contributed by atoms with Gasteiger partial charge in [-0.3, -0.25) is 5.41 Å². The second-order valence-electron chi connectivity index (χ2n) is 8.23. The fraction of sp³-hybridized carbons (Fsp3) is 0.292. The topological polar surface area (TPSA) is 101 Å². The predicted octanol–water partition coefficient (Wildman–Crippen LogP) is 5.90. The van der Waals surface area contributed by atoms with Crippen LogP contribution < -0.4 is 10.5 Å². The summed E-state index contributed by atoms with van der Waals surface area (Å²) in [5, 5.41) is 11.4. The van der Waals surface area contributed by atoms with E-state index in [0.717, 1.165) is 30.7 Å². The maximum atomic E-state index is 13.7. The molecule has 1 aliphatic rings. The Kier molecular flexibility index (Phi) is 7.14. The monoisotopic (exact) mass is 525 g/mol. The van der Waals surface area contributed by atoms with Gasteiger partial charge >= 0.3 is 12.4 Å². The van der Waals surface area contributed by atoms with Gasteiger partial charge in [-0.1, -0.05) is 23.4 Å². The molecule has 1 fully saturated rings. The Morgan fingerprint density at radius 1 is 1.11 bits per heavy atom. The summed E-state index contributed by atoms with van der Waals surface area (Å²) in [4.78, 5) is 5.79. The van der Waals surface area contributed by atoms with E-state index in [4.69, 9.17) is 20.4 Å². The molecule has 0 saturated carbocycles. The second-order valence-corrected chi connectivity index (χ2v) is 8.23. The molecule has 37 heavy (non-hydrogen) atoms. The molecule has 0 radical (unpaired) electrons. The molecule has 196 valence electrons. The first-order valence-electron chi connectivity index (χ1n) is 11.1. The molecule has 1 saturated heterocycles. The van der Waals surface area contributed by atoms with Gasteiger partial charge in [-0.2, -0.15) is 31.3 Å². The number of nitrogens with one attached hydrogen (secondary N) is 1. The third kappa shape index (κ3) is 6.04. The van der Waals surface area contributed by atoms with Crippen LogP contribution >= 0.6 is 0 Å². The molecule has 0 spiro atoms. The Balaban J connectivity index is 1.48. The zero-order valence-electron chi connectivity index (χ0n) is 19.1. The third-order valence-corrected chi connectivity index (χ3v) is 5.72. The molecule has 2 heterocycles. The van der Waals surface area contributed by atoms with E-state index in [1.165, 1.54) is 30.4 Å². The highest BCUT2D eigenvalue weighted by Crippen LogP contribution is 2.39. The van der Waals surface area contributed by atoms with Crippen LogP contribution in [0.4, 0.5) is 26.3 Å². The highest BCUT2D eigenvalue weighted by Gasteiger charge is 2.36. The average molecular weight is 525 g/mol. The average Bonchev–Trinajstić information content (AvgIpc) is 3.51. The van der Waals surface area contributed by atoms with Gasteiger partial charge in [0.25, 0.3) is 0 Å². The highest BCUT2D eigenvalue weighted by molar-refractivity contribution is 5.75. The first kappa shape index (κ1) is 26.0. The Labute approximate surface area is 207 Å². The molecule has 0 bridgehead atoms. The first-order valence-corrected chi connectivity index (χ1v) is 11.1. The molecular formula is C24H21F6N5O2. The van der Waals surface area contributed by atoms with Gasteiger partial charge in [-0.15, -0.1) is 0 Å². The van der Waals surface area contributed by atoms with Gasteiger partial charge in [-0.05, 0) is 54.8 Å². The van der Waals surface area contributed by atoms with Crippen molar-refractivity contribution in [2.75, 3.05) is 13.2 Å². The molecule has 1 aliphatic heterocycles. The third-order valence-electron chi connectivity index (χ3n) is 5.72. The SMILES string of the molecule is N=C(N)N1CCC[C@H]1c1nc(-c2ccc(OC/C=C\c3ccc(C(F)(F)F)cc3)c(C(F)(F)F)c2)no1. The number of alkyl halides is 6. The highest BCUT2D eigenvalue weighted by atomic mass is 19.4. The van der Waals surface area contributed by atoms with Crippen LogP contribution in [0.2, 0.25) is 0 Å². The molecule has 7 nitrogen and oxygen atoms in total. The van der Waals surface area contributed by atoms with Gasteiger partial charge in [0.1, 0.15) is 18.4 Å². The van der Waals surface area contributed by atoms with Gasteiger partial charge in [0, 0.05) is 12.1 Å². The van der Waals surface area contributed by atoms with Crippen LogP contribution in [0.5, 0.6) is 5.75 Å². The maximum absolute atomic E-state index is 13.7. The van der Waals surface area contributed by atoms with Crippen molar-refractivity contribution in [2.45, 2.75) is 31.2 Å². The zero-order chi connectivity index (χ0) is 26.8. The van der Waals surface area contributed by atoms with Crippen molar-refractivity contribution in [1.29, 1.82) is 5.41 Å². The van der Waals surface area contributed by atoms with Crippen molar-refractivity contribution in [3.8, 4) is 17.1 Å². The summed E-state index contributed by atoms with van der Waals surface area (Å²) < 4.78 is 89.7. The Hall–Kier alpha value is -4.03. The summed E-state index contributed by atoms with van der Waals surface area (Å²) >= 11 is 0. The van der Waals surface area contributed by atoms with Crippen molar-refractivity contribution >= 4 is 12.0 Å². The van der Waals surface area contributed by atoms with Crippen molar-refractivity contribution in [3.63, 3.8) is 0 Å². The standard InChI is InChI=1S/C24H21F6N5O2/c25-23(26,27)16-8-5-14(6-9-16)3-2-12-36-19-10-7-15(13-17(19)24(28,29)30)20-33-21(37-34-20)18-4-1-11-35(18)22(31)32/h2-3,5-10,13,18H,1,4,11-12H2,(H3,31,32)/b3-2-/t18-/m0/s1. The van der Waals surface area contributed by atoms with Crippen LogP contribution in [0.3, 0.4) is 0 Å². The number of hydrogen-bond donors (Lipinski definition) is 2. The lowest BCUT2D eigenvalue weighted by atomic mass is 10.1. The Morgan fingerprint density at radius 3 is 2.49 bits per heavy atom. The summed E-state index contributed by atoms with van der Waals surface area (Å²) in [6, 6.07) is 7.24. The number of aromatic nitrogens is 2. The van der Waals surface area contributed by atoms with E-state index in [-0.39, 0.29) is 29.8 Å². The lowest BCUT2D eigenvalue weighted by molar-refractivity contribution is -0.139. The number of benzene rings is 2. The molecule has 0 aliphatic carbocycles. The van der Waals surface area contributed by atoms with Gasteiger partial charge in [0.2, 0.25) is 11.7 Å². The quantitative estimate of drug-likeness (QED) is 0.236. The van der Waals surface area contributed by atoms with Crippen molar-refractivity contribution < 1.29 is 35.6 Å². The minimum absolute atomic E-state index is 0.0512. The summed E-state index contributed by atoms with van der Waals surface area (Å²) in [7, 11) is 0. The van der Waals surface area contributed by atoms with E-state index in [1.54, 1.807) is 4.90 Å². The van der Waals surface area contributed by atoms with Gasteiger partial charge in [0.15, 0.2) is 5.96 Å². The number of nitrogens with two attached hydrogens (primary N) is 1. The van der Waals surface area contributed by atoms with Crippen molar-refractivity contribution in [3.05, 3.63) is 71.1 Å². The normalized spacial score (nSPS) is 16.5. The zero-order valence-corrected chi connectivity index (χ0v) is 19.1. The number of halogens is 6. The van der Waals surface area contributed by atoms with E-state index in [2.05, 4.69) is 10.1 Å². The fourth-order valence-corrected chi connectivity index (χ4v) is 3.92. The Bertz CT molecular complexity index is 1280. The fourth-order valence-electron chi connectivity index (χ4n) is 3.92. The minimum Gasteiger partial charge on any atom is -0.489 e. The molecule has 13 heteroatoms. The van der Waals surface area contributed by atoms with Gasteiger partial charge in [-0.25, -0.2) is 0 Å². The van der Waals surface area contributed by atoms with Crippen LogP contribution in [0, 0.1) is 5.41 Å². The van der Waals surface area contributed by atoms with Crippen LogP contribution in [-0.4, -0.2) is 34.2 Å². The predicted molar refractivity (Wildman–Crippen MR) is 121 cm³/mol. The molecule has 0 amide bonds. The largest absolute Gasteiger partial charge is 0.489 e. The second kappa shape index (κ2) is 10.1. The summed E-state index contributed by atoms with van der Waals surface area (Å²) in [5.41, 5.74) is 4.20. The summed E-state index contributed by atoms with van der Waals surface area (Å²) in [6.07, 6.45) is -5.01. The molecule has 3 aromatic rings. The molecule has 4 rings (SSSR count). The maximum Gasteiger partial charge on any atom is 0.419 e. The molecule has 0 unspecified atom stereocenters. The molecule has 1 atom stereocenters. The van der Waals surface area contributed by atoms with E-state index in [1.807, 2.05) is 0 Å². The lowest BCUT2D eigenvalue weighted by Crippen LogP contribution is -2.35. The van der Waals surface area contributed by atoms with Gasteiger partial charge < -0.3 is 19.9 Å². The van der Waals surface area contributed by atoms with E-state index >= 15 is 0 Å². The summed E-state index contributed by atoms with van der Waals surface area (Å²) in [6.45, 7) is 0.285. The van der Waals surface area contributed by atoms with Crippen LogP contribution in [0.25, 0.3) is 17.5 Å². The number of likely N-dealkylation sites (tertiary alicyclic amines) is 1. The number of nitrogens with zero attached hydrogens (tertiary/aromatic N) is 3. The molecule has 2 aromatic carbocycles. The number of ether oxygens (including phenoxy) is 1. The van der Waals surface area contributed by atoms with E-state index in [9.17, 15) is 26.3 Å². The van der Waals surface area contributed by atoms with E-state index in [0.29, 0.717) is 18.5 Å². The van der Waals surface area contributed by atoms with Crippen molar-refractivity contribution in [1.82, 2.24) is 15.0 Å². The number of guanidine groups is 1. The van der Waals surface area contributed by atoms with Crippen LogP contribution in [0.15, 0.2) is 53.1 Å². The van der Waals surface area contributed by atoms with Crippen LogP contribution in [-0.2, 0) is 12.4 Å².